The lowest BCUT2D eigenvalue weighted by Crippen LogP contribution is -2.41. The molecule has 0 aliphatic carbocycles. The van der Waals surface area contributed by atoms with E-state index < -0.39 is 0 Å². The molecule has 1 aromatic rings. The quantitative estimate of drug-likeness (QED) is 0.806. The summed E-state index contributed by atoms with van der Waals surface area (Å²) >= 11 is 0. The number of hydrogen-bond acceptors (Lipinski definition) is 5. The molecular formula is C17H24N2O4. The maximum atomic E-state index is 12.2. The third-order valence-corrected chi connectivity index (χ3v) is 4.81. The molecular weight excluding hydrogens is 296 g/mol. The van der Waals surface area contributed by atoms with Crippen molar-refractivity contribution in [3.8, 4) is 0 Å². The largest absolute Gasteiger partial charge is 0.467 e. The van der Waals surface area contributed by atoms with Crippen molar-refractivity contribution in [2.24, 2.45) is 11.8 Å². The zero-order chi connectivity index (χ0) is 16.1. The SMILES string of the molecule is O=C(NCc1ccco1)C1CCN(CC[C@H]2CCOC2=O)CC1. The van der Waals surface area contributed by atoms with Crippen LogP contribution in [0.4, 0.5) is 0 Å². The predicted molar refractivity (Wildman–Crippen MR) is 83.4 cm³/mol. The summed E-state index contributed by atoms with van der Waals surface area (Å²) in [5, 5.41) is 2.94. The smallest absolute Gasteiger partial charge is 0.309 e. The maximum Gasteiger partial charge on any atom is 0.309 e. The number of nitrogens with one attached hydrogen (secondary N) is 1. The monoisotopic (exact) mass is 320 g/mol. The minimum Gasteiger partial charge on any atom is -0.467 e. The van der Waals surface area contributed by atoms with Gasteiger partial charge in [0.2, 0.25) is 5.91 Å². The Morgan fingerprint density at radius 1 is 1.30 bits per heavy atom. The Morgan fingerprint density at radius 3 is 2.78 bits per heavy atom. The highest BCUT2D eigenvalue weighted by atomic mass is 16.5. The van der Waals surface area contributed by atoms with Crippen molar-refractivity contribution in [3.05, 3.63) is 24.2 Å². The van der Waals surface area contributed by atoms with Gasteiger partial charge in [0.1, 0.15) is 5.76 Å². The Morgan fingerprint density at radius 2 is 2.13 bits per heavy atom. The average molecular weight is 320 g/mol. The summed E-state index contributed by atoms with van der Waals surface area (Å²) in [6.45, 7) is 3.78. The Balaban J connectivity index is 1.34. The fraction of sp³-hybridized carbons (Fsp3) is 0.647. The average Bonchev–Trinajstić information content (AvgIpc) is 3.23. The fourth-order valence-corrected chi connectivity index (χ4v) is 3.29. The van der Waals surface area contributed by atoms with Crippen LogP contribution in [0.2, 0.25) is 0 Å². The Hall–Kier alpha value is -1.82. The normalized spacial score (nSPS) is 23.0. The van der Waals surface area contributed by atoms with E-state index in [-0.39, 0.29) is 23.7 Å². The summed E-state index contributed by atoms with van der Waals surface area (Å²) in [6.07, 6.45) is 5.08. The van der Waals surface area contributed by atoms with Crippen LogP contribution in [0, 0.1) is 11.8 Å². The molecule has 0 aromatic carbocycles. The van der Waals surface area contributed by atoms with Gasteiger partial charge in [-0.25, -0.2) is 0 Å². The van der Waals surface area contributed by atoms with E-state index in [0.717, 1.165) is 51.1 Å². The number of rotatable bonds is 6. The minimum absolute atomic E-state index is 0.0443. The third-order valence-electron chi connectivity index (χ3n) is 4.81. The number of piperidine rings is 1. The number of hydrogen-bond donors (Lipinski definition) is 1. The topological polar surface area (TPSA) is 71.8 Å². The summed E-state index contributed by atoms with van der Waals surface area (Å²) in [5.74, 6) is 0.999. The molecule has 2 aliphatic heterocycles. The molecule has 0 radical (unpaired) electrons. The number of ether oxygens (including phenoxy) is 1. The zero-order valence-corrected chi connectivity index (χ0v) is 13.3. The van der Waals surface area contributed by atoms with Crippen LogP contribution in [0.15, 0.2) is 22.8 Å². The van der Waals surface area contributed by atoms with E-state index in [0.29, 0.717) is 13.2 Å². The summed E-state index contributed by atoms with van der Waals surface area (Å²) in [5.41, 5.74) is 0. The van der Waals surface area contributed by atoms with Gasteiger partial charge in [0.25, 0.3) is 0 Å². The molecule has 6 heteroatoms. The first kappa shape index (κ1) is 16.1. The number of carbonyl (C=O) groups excluding carboxylic acids is 2. The highest BCUT2D eigenvalue weighted by molar-refractivity contribution is 5.78. The lowest BCUT2D eigenvalue weighted by Gasteiger charge is -2.31. The fourth-order valence-electron chi connectivity index (χ4n) is 3.29. The lowest BCUT2D eigenvalue weighted by atomic mass is 9.95. The van der Waals surface area contributed by atoms with Gasteiger partial charge in [-0.2, -0.15) is 0 Å². The Labute approximate surface area is 136 Å². The first-order valence-corrected chi connectivity index (χ1v) is 8.41. The molecule has 1 amide bonds. The standard InChI is InChI=1S/C17H24N2O4/c20-16(18-12-15-2-1-10-22-15)13-3-7-19(8-4-13)9-5-14-6-11-23-17(14)21/h1-2,10,13-14H,3-9,11-12H2,(H,18,20)/t14-/m0/s1. The molecule has 0 spiro atoms. The van der Waals surface area contributed by atoms with Crippen LogP contribution < -0.4 is 5.32 Å². The minimum atomic E-state index is -0.0443. The zero-order valence-electron chi connectivity index (χ0n) is 13.3. The molecule has 23 heavy (non-hydrogen) atoms. The highest BCUT2D eigenvalue weighted by Gasteiger charge is 2.29. The van der Waals surface area contributed by atoms with E-state index >= 15 is 0 Å². The number of carbonyl (C=O) groups is 2. The van der Waals surface area contributed by atoms with Crippen molar-refractivity contribution in [1.82, 2.24) is 10.2 Å². The van der Waals surface area contributed by atoms with Crippen molar-refractivity contribution >= 4 is 11.9 Å². The van der Waals surface area contributed by atoms with Crippen molar-refractivity contribution in [2.75, 3.05) is 26.2 Å². The number of nitrogens with zero attached hydrogens (tertiary/aromatic N) is 1. The first-order chi connectivity index (χ1) is 11.2. The first-order valence-electron chi connectivity index (χ1n) is 8.41. The van der Waals surface area contributed by atoms with E-state index in [1.807, 2.05) is 12.1 Å². The second-order valence-electron chi connectivity index (χ2n) is 6.35. The van der Waals surface area contributed by atoms with Crippen molar-refractivity contribution in [3.63, 3.8) is 0 Å². The predicted octanol–water partition coefficient (Wildman–Crippen LogP) is 1.56. The van der Waals surface area contributed by atoms with E-state index in [9.17, 15) is 9.59 Å². The number of furan rings is 1. The molecule has 2 fully saturated rings. The van der Waals surface area contributed by atoms with Crippen molar-refractivity contribution < 1.29 is 18.7 Å². The number of cyclic esters (lactones) is 1. The van der Waals surface area contributed by atoms with Crippen molar-refractivity contribution in [1.29, 1.82) is 0 Å². The Kier molecular flexibility index (Phi) is 5.33. The van der Waals surface area contributed by atoms with Crippen LogP contribution >= 0.6 is 0 Å². The van der Waals surface area contributed by atoms with E-state index in [2.05, 4.69) is 10.2 Å². The maximum absolute atomic E-state index is 12.2. The van der Waals surface area contributed by atoms with Crippen LogP contribution in [0.1, 0.15) is 31.4 Å². The molecule has 0 bridgehead atoms. The molecule has 126 valence electrons. The van der Waals surface area contributed by atoms with Gasteiger partial charge in [-0.05, 0) is 57.5 Å². The van der Waals surface area contributed by atoms with Gasteiger partial charge in [0.15, 0.2) is 0 Å². The van der Waals surface area contributed by atoms with Gasteiger partial charge in [-0.1, -0.05) is 0 Å². The van der Waals surface area contributed by atoms with Gasteiger partial charge in [-0.3, -0.25) is 9.59 Å². The summed E-state index contributed by atoms with van der Waals surface area (Å²) in [6, 6.07) is 3.68. The lowest BCUT2D eigenvalue weighted by molar-refractivity contribution is -0.141. The van der Waals surface area contributed by atoms with Crippen LogP contribution in [0.5, 0.6) is 0 Å². The third kappa shape index (κ3) is 4.34. The molecule has 1 N–H and O–H groups in total. The molecule has 1 atom stereocenters. The summed E-state index contributed by atoms with van der Waals surface area (Å²) in [4.78, 5) is 26.0. The van der Waals surface area contributed by atoms with E-state index in [4.69, 9.17) is 9.15 Å². The second-order valence-corrected chi connectivity index (χ2v) is 6.35. The van der Waals surface area contributed by atoms with Crippen LogP contribution in [0.25, 0.3) is 0 Å². The molecule has 3 rings (SSSR count). The second kappa shape index (κ2) is 7.64. The van der Waals surface area contributed by atoms with Gasteiger partial charge >= 0.3 is 5.97 Å². The molecule has 1 aromatic heterocycles. The highest BCUT2D eigenvalue weighted by Crippen LogP contribution is 2.22. The van der Waals surface area contributed by atoms with E-state index in [1.54, 1.807) is 6.26 Å². The number of likely N-dealkylation sites (tertiary alicyclic amines) is 1. The molecule has 2 aliphatic rings. The Bertz CT molecular complexity index is 521. The summed E-state index contributed by atoms with van der Waals surface area (Å²) in [7, 11) is 0. The van der Waals surface area contributed by atoms with Gasteiger partial charge < -0.3 is 19.4 Å². The van der Waals surface area contributed by atoms with Crippen LogP contribution in [-0.2, 0) is 20.9 Å². The molecule has 0 unspecified atom stereocenters. The van der Waals surface area contributed by atoms with Crippen LogP contribution in [-0.4, -0.2) is 43.0 Å². The molecule has 2 saturated heterocycles. The van der Waals surface area contributed by atoms with Crippen molar-refractivity contribution in [2.45, 2.75) is 32.2 Å². The molecule has 0 saturated carbocycles. The summed E-state index contributed by atoms with van der Waals surface area (Å²) < 4.78 is 10.2. The van der Waals surface area contributed by atoms with E-state index in [1.165, 1.54) is 0 Å². The molecule has 3 heterocycles. The number of amides is 1. The number of esters is 1. The van der Waals surface area contributed by atoms with Crippen LogP contribution in [0.3, 0.4) is 0 Å². The van der Waals surface area contributed by atoms with Gasteiger partial charge in [0.05, 0.1) is 25.3 Å². The molecule has 6 nitrogen and oxygen atoms in total. The van der Waals surface area contributed by atoms with Gasteiger partial charge in [-0.15, -0.1) is 0 Å². The van der Waals surface area contributed by atoms with Gasteiger partial charge in [0, 0.05) is 5.92 Å².